The molecule has 0 spiro atoms. The van der Waals surface area contributed by atoms with Crippen molar-refractivity contribution in [1.82, 2.24) is 4.98 Å². The standard InChI is InChI=1S/C19H12F4N4O2.CH4/c20-9-4-5-10(14(23)8-9)16-11(18(24)28)6-7-15(26-16)27(19(25)29)17-12(21)2-1-3-13(17)22;/h1-8H,(H2,24,28)(H2,25,29);1H4. The summed E-state index contributed by atoms with van der Waals surface area (Å²) in [5, 5.41) is 0. The largest absolute Gasteiger partial charge is 0.366 e. The molecule has 1 aromatic heterocycles. The number of carbonyl (C=O) groups is 2. The second kappa shape index (κ2) is 8.60. The molecule has 0 saturated carbocycles. The number of amides is 3. The third-order valence-corrected chi connectivity index (χ3v) is 3.94. The number of aromatic nitrogens is 1. The summed E-state index contributed by atoms with van der Waals surface area (Å²) in [6, 6.07) is 6.19. The lowest BCUT2D eigenvalue weighted by Crippen LogP contribution is -2.33. The van der Waals surface area contributed by atoms with Crippen LogP contribution < -0.4 is 16.4 Å². The minimum absolute atomic E-state index is 0. The van der Waals surface area contributed by atoms with E-state index in [1.807, 2.05) is 0 Å². The van der Waals surface area contributed by atoms with Gasteiger partial charge in [0.05, 0.1) is 11.3 Å². The maximum absolute atomic E-state index is 14.3. The van der Waals surface area contributed by atoms with Crippen LogP contribution in [0.3, 0.4) is 0 Å². The molecule has 0 aliphatic carbocycles. The SMILES string of the molecule is C.NC(=O)c1ccc(N(C(N)=O)c2c(F)cccc2F)nc1-c1ccc(F)cc1F. The number of halogens is 4. The lowest BCUT2D eigenvalue weighted by Gasteiger charge is -2.22. The topological polar surface area (TPSA) is 102 Å². The molecule has 0 atom stereocenters. The Balaban J connectivity index is 0.00000320. The summed E-state index contributed by atoms with van der Waals surface area (Å²) < 4.78 is 55.9. The molecule has 4 N–H and O–H groups in total. The van der Waals surface area contributed by atoms with Gasteiger partial charge in [0.25, 0.3) is 5.91 Å². The van der Waals surface area contributed by atoms with Crippen LogP contribution >= 0.6 is 0 Å². The predicted octanol–water partition coefficient (Wildman–Crippen LogP) is 4.26. The van der Waals surface area contributed by atoms with Gasteiger partial charge in [-0.05, 0) is 36.4 Å². The first-order valence-electron chi connectivity index (χ1n) is 8.00. The summed E-state index contributed by atoms with van der Waals surface area (Å²) in [4.78, 5) is 28.0. The van der Waals surface area contributed by atoms with Crippen molar-refractivity contribution in [2.75, 3.05) is 4.90 Å². The Morgan fingerprint density at radius 2 is 1.50 bits per heavy atom. The fraction of sp³-hybridized carbons (Fsp3) is 0.0500. The normalized spacial score (nSPS) is 10.3. The first-order valence-corrected chi connectivity index (χ1v) is 8.00. The highest BCUT2D eigenvalue weighted by Crippen LogP contribution is 2.33. The van der Waals surface area contributed by atoms with Gasteiger partial charge in [0.1, 0.15) is 34.8 Å². The molecule has 6 nitrogen and oxygen atoms in total. The van der Waals surface area contributed by atoms with Gasteiger partial charge < -0.3 is 11.5 Å². The third kappa shape index (κ3) is 4.07. The number of urea groups is 1. The van der Waals surface area contributed by atoms with E-state index in [0.29, 0.717) is 11.0 Å². The van der Waals surface area contributed by atoms with Crippen molar-refractivity contribution in [1.29, 1.82) is 0 Å². The maximum atomic E-state index is 14.3. The highest BCUT2D eigenvalue weighted by molar-refractivity contribution is 6.01. The van der Waals surface area contributed by atoms with Gasteiger partial charge in [-0.1, -0.05) is 13.5 Å². The summed E-state index contributed by atoms with van der Waals surface area (Å²) in [7, 11) is 0. The van der Waals surface area contributed by atoms with Gasteiger partial charge in [0, 0.05) is 11.6 Å². The molecule has 0 saturated heterocycles. The average molecular weight is 420 g/mol. The summed E-state index contributed by atoms with van der Waals surface area (Å²) in [5.41, 5.74) is 8.78. The Labute approximate surface area is 168 Å². The Kier molecular flexibility index (Phi) is 6.40. The summed E-state index contributed by atoms with van der Waals surface area (Å²) >= 11 is 0. The van der Waals surface area contributed by atoms with Crippen LogP contribution in [0.1, 0.15) is 17.8 Å². The van der Waals surface area contributed by atoms with Gasteiger partial charge in [0.2, 0.25) is 0 Å². The van der Waals surface area contributed by atoms with Crippen molar-refractivity contribution in [2.24, 2.45) is 11.5 Å². The fourth-order valence-electron chi connectivity index (χ4n) is 2.70. The van der Waals surface area contributed by atoms with E-state index in [1.165, 1.54) is 0 Å². The molecule has 156 valence electrons. The Morgan fingerprint density at radius 3 is 2.03 bits per heavy atom. The Bertz CT molecular complexity index is 1120. The first-order chi connectivity index (χ1) is 13.7. The molecule has 10 heteroatoms. The number of benzene rings is 2. The van der Waals surface area contributed by atoms with E-state index in [1.54, 1.807) is 0 Å². The molecule has 3 rings (SSSR count). The number of para-hydroxylation sites is 1. The van der Waals surface area contributed by atoms with Crippen LogP contribution in [0.4, 0.5) is 33.9 Å². The summed E-state index contributed by atoms with van der Waals surface area (Å²) in [5.74, 6) is -5.58. The second-order valence-corrected chi connectivity index (χ2v) is 5.80. The monoisotopic (exact) mass is 420 g/mol. The third-order valence-electron chi connectivity index (χ3n) is 3.94. The van der Waals surface area contributed by atoms with Crippen molar-refractivity contribution in [3.8, 4) is 11.3 Å². The number of carbonyl (C=O) groups excluding carboxylic acids is 2. The maximum Gasteiger partial charge on any atom is 0.325 e. The fourth-order valence-corrected chi connectivity index (χ4v) is 2.70. The van der Waals surface area contributed by atoms with Crippen molar-refractivity contribution in [2.45, 2.75) is 7.43 Å². The van der Waals surface area contributed by atoms with E-state index < -0.39 is 46.7 Å². The number of hydrogen-bond donors (Lipinski definition) is 2. The summed E-state index contributed by atoms with van der Waals surface area (Å²) in [6.07, 6.45) is 0. The zero-order chi connectivity index (χ0) is 21.3. The van der Waals surface area contributed by atoms with Crippen molar-refractivity contribution >= 4 is 23.4 Å². The van der Waals surface area contributed by atoms with Crippen molar-refractivity contribution < 1.29 is 27.2 Å². The lowest BCUT2D eigenvalue weighted by molar-refractivity contribution is 0.100. The van der Waals surface area contributed by atoms with E-state index in [9.17, 15) is 27.2 Å². The quantitative estimate of drug-likeness (QED) is 0.617. The molecule has 0 aliphatic heterocycles. The Hall–Kier alpha value is -3.95. The van der Waals surface area contributed by atoms with Crippen molar-refractivity contribution in [3.63, 3.8) is 0 Å². The van der Waals surface area contributed by atoms with Crippen LogP contribution in [0.15, 0.2) is 48.5 Å². The number of pyridine rings is 1. The van der Waals surface area contributed by atoms with Crippen LogP contribution in [0.2, 0.25) is 0 Å². The molecule has 1 heterocycles. The molecule has 3 amide bonds. The van der Waals surface area contributed by atoms with Gasteiger partial charge in [-0.3, -0.25) is 4.79 Å². The zero-order valence-corrected chi connectivity index (χ0v) is 14.5. The van der Waals surface area contributed by atoms with Crippen LogP contribution in [0, 0.1) is 23.3 Å². The van der Waals surface area contributed by atoms with Crippen LogP contribution in [-0.4, -0.2) is 16.9 Å². The minimum Gasteiger partial charge on any atom is -0.366 e. The lowest BCUT2D eigenvalue weighted by atomic mass is 10.0. The molecule has 3 aromatic rings. The number of hydrogen-bond acceptors (Lipinski definition) is 3. The minimum atomic E-state index is -1.29. The number of rotatable bonds is 4. The molecular weight excluding hydrogens is 404 g/mol. The first kappa shape index (κ1) is 22.3. The van der Waals surface area contributed by atoms with Gasteiger partial charge in [0.15, 0.2) is 0 Å². The molecule has 30 heavy (non-hydrogen) atoms. The second-order valence-electron chi connectivity index (χ2n) is 5.80. The van der Waals surface area contributed by atoms with E-state index in [4.69, 9.17) is 11.5 Å². The molecule has 0 unspecified atom stereocenters. The van der Waals surface area contributed by atoms with Crippen molar-refractivity contribution in [3.05, 3.63) is 77.4 Å². The smallest absolute Gasteiger partial charge is 0.325 e. The number of anilines is 2. The molecule has 0 radical (unpaired) electrons. The van der Waals surface area contributed by atoms with Crippen LogP contribution in [0.25, 0.3) is 11.3 Å². The predicted molar refractivity (Wildman–Crippen MR) is 103 cm³/mol. The number of primary amides is 2. The van der Waals surface area contributed by atoms with Gasteiger partial charge in [-0.25, -0.2) is 32.2 Å². The highest BCUT2D eigenvalue weighted by Gasteiger charge is 2.26. The van der Waals surface area contributed by atoms with Crippen LogP contribution in [0.5, 0.6) is 0 Å². The Morgan fingerprint density at radius 1 is 0.867 bits per heavy atom. The number of nitrogens with zero attached hydrogens (tertiary/aromatic N) is 2. The van der Waals surface area contributed by atoms with E-state index in [2.05, 4.69) is 4.98 Å². The molecule has 0 aliphatic rings. The zero-order valence-electron chi connectivity index (χ0n) is 14.5. The molecule has 0 bridgehead atoms. The van der Waals surface area contributed by atoms with E-state index in [0.717, 1.165) is 42.5 Å². The molecule has 0 fully saturated rings. The van der Waals surface area contributed by atoms with Crippen LogP contribution in [-0.2, 0) is 0 Å². The molecule has 2 aromatic carbocycles. The van der Waals surface area contributed by atoms with Gasteiger partial charge in [-0.2, -0.15) is 0 Å². The van der Waals surface area contributed by atoms with Gasteiger partial charge in [-0.15, -0.1) is 0 Å². The summed E-state index contributed by atoms with van der Waals surface area (Å²) in [6.45, 7) is 0. The van der Waals surface area contributed by atoms with Gasteiger partial charge >= 0.3 is 6.03 Å². The number of nitrogens with two attached hydrogens (primary N) is 2. The van der Waals surface area contributed by atoms with E-state index in [-0.39, 0.29) is 24.2 Å². The van der Waals surface area contributed by atoms with E-state index >= 15 is 0 Å². The highest BCUT2D eigenvalue weighted by atomic mass is 19.1. The molecular formula is C20H16F4N4O2. The average Bonchev–Trinajstić information content (AvgIpc) is 2.64.